The van der Waals surface area contributed by atoms with Gasteiger partial charge in [0.05, 0.1) is 11.0 Å². The predicted molar refractivity (Wildman–Crippen MR) is 178 cm³/mol. The average molecular weight is 553 g/mol. The summed E-state index contributed by atoms with van der Waals surface area (Å²) in [5.41, 5.74) is 6.58. The lowest BCUT2D eigenvalue weighted by Gasteiger charge is -2.15. The van der Waals surface area contributed by atoms with Gasteiger partial charge in [-0.3, -0.25) is 4.57 Å². The van der Waals surface area contributed by atoms with E-state index in [1.807, 2.05) is 36.4 Å². The van der Waals surface area contributed by atoms with Crippen LogP contribution in [0.5, 0.6) is 0 Å². The molecule has 4 heteroatoms. The van der Waals surface area contributed by atoms with Crippen LogP contribution >= 0.6 is 0 Å². The standard InChI is InChI=1S/C39H28N4/c1-3-15-27(16-4-1)37-40-38(28-17-5-2-6-18-28)42-39(41-37)43-35-25-13-11-23-33(35)31-21-9-7-19-29(31)30-20-8-10-22-32(30)34-24-12-14-26-36(34)43/h1-9,11-21,23-26H,10,22H2. The van der Waals surface area contributed by atoms with Crippen molar-refractivity contribution in [3.05, 3.63) is 151 Å². The van der Waals surface area contributed by atoms with Crippen LogP contribution < -0.4 is 0 Å². The number of hydrogen-bond donors (Lipinski definition) is 0. The van der Waals surface area contributed by atoms with E-state index in [9.17, 15) is 0 Å². The summed E-state index contributed by atoms with van der Waals surface area (Å²) in [6, 6.07) is 46.3. The molecule has 43 heavy (non-hydrogen) atoms. The molecule has 0 aliphatic heterocycles. The first-order valence-corrected chi connectivity index (χ1v) is 14.7. The summed E-state index contributed by atoms with van der Waals surface area (Å²) in [5.74, 6) is 1.86. The molecule has 0 fully saturated rings. The SMILES string of the molecule is C1=Cc2c(c3ccccc3n(-c3nc(-c4ccccc4)nc(-c4ccccc4)n3)c3ccccc3c3ccccc23)CC1. The Morgan fingerprint density at radius 3 is 1.63 bits per heavy atom. The monoisotopic (exact) mass is 552 g/mol. The van der Waals surface area contributed by atoms with Gasteiger partial charge in [-0.2, -0.15) is 9.97 Å². The first-order valence-electron chi connectivity index (χ1n) is 14.7. The number of fused-ring (bicyclic) bond motifs is 7. The second-order valence-electron chi connectivity index (χ2n) is 10.8. The molecular weight excluding hydrogens is 524 g/mol. The number of benzene rings is 5. The van der Waals surface area contributed by atoms with E-state index in [0.29, 0.717) is 17.6 Å². The van der Waals surface area contributed by atoms with Crippen molar-refractivity contribution in [3.63, 3.8) is 0 Å². The second-order valence-corrected chi connectivity index (χ2v) is 10.8. The molecule has 0 radical (unpaired) electrons. The molecule has 0 spiro atoms. The number of para-hydroxylation sites is 2. The van der Waals surface area contributed by atoms with Gasteiger partial charge in [-0.05, 0) is 46.9 Å². The summed E-state index contributed by atoms with van der Waals surface area (Å²) >= 11 is 0. The van der Waals surface area contributed by atoms with Crippen LogP contribution in [0, 0.1) is 0 Å². The maximum atomic E-state index is 5.19. The summed E-state index contributed by atoms with van der Waals surface area (Å²) in [5, 5.41) is 4.75. The first-order chi connectivity index (χ1) is 21.3. The van der Waals surface area contributed by atoms with E-state index >= 15 is 0 Å². The molecule has 204 valence electrons. The van der Waals surface area contributed by atoms with Crippen LogP contribution in [0.3, 0.4) is 0 Å². The Morgan fingerprint density at radius 1 is 0.465 bits per heavy atom. The molecular formula is C39H28N4. The zero-order valence-electron chi connectivity index (χ0n) is 23.6. The highest BCUT2D eigenvalue weighted by molar-refractivity contribution is 6.09. The molecule has 0 N–H and O–H groups in total. The Morgan fingerprint density at radius 2 is 0.977 bits per heavy atom. The molecule has 0 saturated carbocycles. The Labute approximate surface area is 250 Å². The van der Waals surface area contributed by atoms with Gasteiger partial charge in [-0.15, -0.1) is 0 Å². The van der Waals surface area contributed by atoms with E-state index in [0.717, 1.165) is 40.4 Å². The molecule has 1 aliphatic rings. The van der Waals surface area contributed by atoms with Gasteiger partial charge in [0.25, 0.3) is 0 Å². The molecule has 5 aromatic carbocycles. The highest BCUT2D eigenvalue weighted by Gasteiger charge is 2.18. The lowest BCUT2D eigenvalue weighted by atomic mass is 9.92. The van der Waals surface area contributed by atoms with E-state index in [2.05, 4.69) is 114 Å². The molecule has 1 aliphatic carbocycles. The first kappa shape index (κ1) is 25.1. The minimum absolute atomic E-state index is 0.584. The fourth-order valence-electron chi connectivity index (χ4n) is 6.21. The van der Waals surface area contributed by atoms with E-state index in [1.165, 1.54) is 27.3 Å². The lowest BCUT2D eigenvalue weighted by Crippen LogP contribution is -2.08. The normalized spacial score (nSPS) is 12.4. The lowest BCUT2D eigenvalue weighted by molar-refractivity contribution is 0.949. The molecule has 8 rings (SSSR count). The Bertz CT molecular complexity index is 2170. The zero-order chi connectivity index (χ0) is 28.6. The van der Waals surface area contributed by atoms with Gasteiger partial charge in [0.1, 0.15) is 0 Å². The van der Waals surface area contributed by atoms with Crippen molar-refractivity contribution >= 4 is 38.7 Å². The van der Waals surface area contributed by atoms with Crippen molar-refractivity contribution in [1.29, 1.82) is 0 Å². The molecule has 4 nitrogen and oxygen atoms in total. The number of allylic oxidation sites excluding steroid dienone is 1. The maximum absolute atomic E-state index is 5.19. The summed E-state index contributed by atoms with van der Waals surface area (Å²) < 4.78 is 2.23. The third-order valence-electron chi connectivity index (χ3n) is 8.18. The maximum Gasteiger partial charge on any atom is 0.238 e. The largest absolute Gasteiger partial charge is 0.278 e. The average Bonchev–Trinajstić information content (AvgIpc) is 3.13. The summed E-state index contributed by atoms with van der Waals surface area (Å²) in [7, 11) is 0. The van der Waals surface area contributed by atoms with Gasteiger partial charge >= 0.3 is 0 Å². The van der Waals surface area contributed by atoms with Gasteiger partial charge < -0.3 is 0 Å². The molecule has 0 saturated heterocycles. The molecule has 0 amide bonds. The van der Waals surface area contributed by atoms with Crippen molar-refractivity contribution in [3.8, 4) is 28.7 Å². The highest BCUT2D eigenvalue weighted by atomic mass is 15.2. The second kappa shape index (κ2) is 10.7. The number of rotatable bonds is 3. The van der Waals surface area contributed by atoms with Crippen LogP contribution in [0.1, 0.15) is 17.5 Å². The Kier molecular flexibility index (Phi) is 6.23. The van der Waals surface area contributed by atoms with Gasteiger partial charge in [0.15, 0.2) is 11.6 Å². The minimum atomic E-state index is 0.584. The van der Waals surface area contributed by atoms with Crippen molar-refractivity contribution in [2.24, 2.45) is 0 Å². The van der Waals surface area contributed by atoms with Gasteiger partial charge in [0.2, 0.25) is 5.95 Å². The number of hydrogen-bond acceptors (Lipinski definition) is 3. The smallest absolute Gasteiger partial charge is 0.238 e. The van der Waals surface area contributed by atoms with Crippen LogP contribution in [0.25, 0.3) is 67.4 Å². The van der Waals surface area contributed by atoms with Crippen LogP contribution in [-0.4, -0.2) is 19.5 Å². The quantitative estimate of drug-likeness (QED) is 0.219. The van der Waals surface area contributed by atoms with Crippen LogP contribution in [0.15, 0.2) is 140 Å². The Hall–Kier alpha value is -5.61. The molecule has 0 bridgehead atoms. The van der Waals surface area contributed by atoms with Crippen molar-refractivity contribution < 1.29 is 0 Å². The van der Waals surface area contributed by atoms with Gasteiger partial charge in [0, 0.05) is 21.9 Å². The highest BCUT2D eigenvalue weighted by Crippen LogP contribution is 2.35. The Balaban J connectivity index is 1.61. The molecule has 7 aromatic rings. The van der Waals surface area contributed by atoms with Crippen molar-refractivity contribution in [2.45, 2.75) is 12.8 Å². The third kappa shape index (κ3) is 4.45. The van der Waals surface area contributed by atoms with Crippen LogP contribution in [0.2, 0.25) is 0 Å². The fourth-order valence-corrected chi connectivity index (χ4v) is 6.21. The third-order valence-corrected chi connectivity index (χ3v) is 8.18. The van der Waals surface area contributed by atoms with E-state index in [4.69, 9.17) is 15.0 Å². The topological polar surface area (TPSA) is 43.6 Å². The number of aromatic nitrogens is 4. The summed E-state index contributed by atoms with van der Waals surface area (Å²) in [4.78, 5) is 15.3. The fraction of sp³-hybridized carbons (Fsp3) is 0.0513. The zero-order valence-corrected chi connectivity index (χ0v) is 23.6. The van der Waals surface area contributed by atoms with Crippen LogP contribution in [0.4, 0.5) is 0 Å². The van der Waals surface area contributed by atoms with Gasteiger partial charge in [-0.1, -0.05) is 133 Å². The molecule has 2 heterocycles. The molecule has 0 atom stereocenters. The van der Waals surface area contributed by atoms with E-state index < -0.39 is 0 Å². The van der Waals surface area contributed by atoms with Crippen molar-refractivity contribution in [1.82, 2.24) is 19.5 Å². The van der Waals surface area contributed by atoms with E-state index in [1.54, 1.807) is 0 Å². The summed E-state index contributed by atoms with van der Waals surface area (Å²) in [6.45, 7) is 0. The molecule has 0 unspecified atom stereocenters. The summed E-state index contributed by atoms with van der Waals surface area (Å²) in [6.07, 6.45) is 6.56. The number of aryl methyl sites for hydroxylation is 1. The minimum Gasteiger partial charge on any atom is -0.278 e. The molecule has 2 aromatic heterocycles. The van der Waals surface area contributed by atoms with Crippen molar-refractivity contribution in [2.75, 3.05) is 0 Å². The van der Waals surface area contributed by atoms with Crippen LogP contribution in [-0.2, 0) is 6.42 Å². The predicted octanol–water partition coefficient (Wildman–Crippen LogP) is 9.54. The van der Waals surface area contributed by atoms with E-state index in [-0.39, 0.29) is 0 Å². The van der Waals surface area contributed by atoms with Gasteiger partial charge in [-0.25, -0.2) is 4.98 Å². The number of nitrogens with zero attached hydrogens (tertiary/aromatic N) is 4.